The van der Waals surface area contributed by atoms with E-state index in [1.807, 2.05) is 6.92 Å². The summed E-state index contributed by atoms with van der Waals surface area (Å²) in [6, 6.07) is 5.08. The Kier molecular flexibility index (Phi) is 5.98. The number of carbonyl (C=O) groups is 1. The number of nitrogens with one attached hydrogen (secondary N) is 1. The lowest BCUT2D eigenvalue weighted by molar-refractivity contribution is -0.118. The van der Waals surface area contributed by atoms with Crippen LogP contribution in [0.1, 0.15) is 18.1 Å². The lowest BCUT2D eigenvalue weighted by atomic mass is 10.1. The van der Waals surface area contributed by atoms with Crippen LogP contribution in [0.15, 0.2) is 37.9 Å². The number of amides is 1. The Bertz CT molecular complexity index is 993. The molecule has 2 N–H and O–H groups in total. The molecule has 9 nitrogen and oxygen atoms in total. The van der Waals surface area contributed by atoms with Crippen molar-refractivity contribution < 1.29 is 9.90 Å². The summed E-state index contributed by atoms with van der Waals surface area (Å²) in [5.74, 6) is -0.477. The van der Waals surface area contributed by atoms with Gasteiger partial charge in [-0.05, 0) is 26.0 Å². The Morgan fingerprint density at radius 3 is 2.73 bits per heavy atom. The SMILES string of the molecule is C/C(=N\NC(=O)CSc1nn(C)c(=O)n(C)c1=O)c1cc(C)ccc1O. The minimum atomic E-state index is -0.560. The normalized spacial score (nSPS) is 11.5. The summed E-state index contributed by atoms with van der Waals surface area (Å²) in [5.41, 5.74) is 3.18. The molecular weight excluding hydrogens is 358 g/mol. The van der Waals surface area contributed by atoms with Crippen LogP contribution in [0.25, 0.3) is 0 Å². The van der Waals surface area contributed by atoms with E-state index in [4.69, 9.17) is 0 Å². The van der Waals surface area contributed by atoms with Gasteiger partial charge in [0.1, 0.15) is 5.75 Å². The number of benzene rings is 1. The van der Waals surface area contributed by atoms with Crippen LogP contribution in [0.5, 0.6) is 5.75 Å². The Morgan fingerprint density at radius 1 is 1.35 bits per heavy atom. The lowest BCUT2D eigenvalue weighted by Crippen LogP contribution is -2.39. The van der Waals surface area contributed by atoms with E-state index in [1.54, 1.807) is 25.1 Å². The first-order valence-electron chi connectivity index (χ1n) is 7.61. The highest BCUT2D eigenvalue weighted by atomic mass is 32.2. The molecule has 0 aliphatic carbocycles. The number of hydrogen-bond acceptors (Lipinski definition) is 7. The molecule has 1 aromatic carbocycles. The molecule has 0 saturated carbocycles. The molecular formula is C16H19N5O4S. The molecule has 0 unspecified atom stereocenters. The summed E-state index contributed by atoms with van der Waals surface area (Å²) in [4.78, 5) is 35.5. The van der Waals surface area contributed by atoms with E-state index in [0.29, 0.717) is 11.3 Å². The van der Waals surface area contributed by atoms with Gasteiger partial charge in [0.15, 0.2) is 5.03 Å². The molecule has 0 atom stereocenters. The molecule has 26 heavy (non-hydrogen) atoms. The van der Waals surface area contributed by atoms with Crippen molar-refractivity contribution >= 4 is 23.4 Å². The molecule has 1 heterocycles. The van der Waals surface area contributed by atoms with Gasteiger partial charge < -0.3 is 5.11 Å². The Hall–Kier alpha value is -2.88. The first kappa shape index (κ1) is 19.4. The van der Waals surface area contributed by atoms with Crippen molar-refractivity contribution in [1.82, 2.24) is 19.8 Å². The van der Waals surface area contributed by atoms with Crippen molar-refractivity contribution in [2.45, 2.75) is 18.9 Å². The first-order valence-corrected chi connectivity index (χ1v) is 8.59. The monoisotopic (exact) mass is 377 g/mol. The highest BCUT2D eigenvalue weighted by Crippen LogP contribution is 2.18. The van der Waals surface area contributed by atoms with E-state index in [0.717, 1.165) is 26.6 Å². The van der Waals surface area contributed by atoms with Gasteiger partial charge in [0.25, 0.3) is 5.56 Å². The summed E-state index contributed by atoms with van der Waals surface area (Å²) in [6.07, 6.45) is 0. The van der Waals surface area contributed by atoms with Crippen molar-refractivity contribution in [2.75, 3.05) is 5.75 Å². The van der Waals surface area contributed by atoms with Crippen LogP contribution in [-0.4, -0.2) is 36.8 Å². The summed E-state index contributed by atoms with van der Waals surface area (Å²) in [7, 11) is 2.77. The van der Waals surface area contributed by atoms with Gasteiger partial charge in [0.2, 0.25) is 5.91 Å². The number of phenolic OH excluding ortho intramolecular Hbond substituents is 1. The predicted molar refractivity (Wildman–Crippen MR) is 98.6 cm³/mol. The van der Waals surface area contributed by atoms with E-state index in [9.17, 15) is 19.5 Å². The van der Waals surface area contributed by atoms with Gasteiger partial charge in [-0.25, -0.2) is 14.9 Å². The third kappa shape index (κ3) is 4.39. The second-order valence-electron chi connectivity index (χ2n) is 5.62. The zero-order chi connectivity index (χ0) is 19.4. The average molecular weight is 377 g/mol. The van der Waals surface area contributed by atoms with Crippen molar-refractivity contribution in [1.29, 1.82) is 0 Å². The van der Waals surface area contributed by atoms with Crippen LogP contribution >= 0.6 is 11.8 Å². The van der Waals surface area contributed by atoms with Gasteiger partial charge >= 0.3 is 5.69 Å². The second kappa shape index (κ2) is 8.00. The molecule has 0 saturated heterocycles. The zero-order valence-corrected chi connectivity index (χ0v) is 15.6. The number of carbonyl (C=O) groups excluding carboxylic acids is 1. The van der Waals surface area contributed by atoms with E-state index in [2.05, 4.69) is 15.6 Å². The molecule has 0 fully saturated rings. The van der Waals surface area contributed by atoms with Crippen molar-refractivity contribution in [3.8, 4) is 5.75 Å². The van der Waals surface area contributed by atoms with Crippen LogP contribution in [0.2, 0.25) is 0 Å². The molecule has 0 radical (unpaired) electrons. The smallest absolute Gasteiger partial charge is 0.346 e. The van der Waals surface area contributed by atoms with Gasteiger partial charge in [-0.15, -0.1) is 0 Å². The maximum absolute atomic E-state index is 12.0. The number of rotatable bonds is 5. The standard InChI is InChI=1S/C16H19N5O4S/c1-9-5-6-12(22)11(7-9)10(2)17-18-13(23)8-26-14-15(24)20(3)16(25)21(4)19-14/h5-7,22H,8H2,1-4H3,(H,18,23)/b17-10+. The Balaban J connectivity index is 2.05. The lowest BCUT2D eigenvalue weighted by Gasteiger charge is -2.07. The maximum atomic E-state index is 12.0. The molecule has 1 amide bonds. The number of aromatic nitrogens is 3. The van der Waals surface area contributed by atoms with E-state index in [-0.39, 0.29) is 16.5 Å². The highest BCUT2D eigenvalue weighted by molar-refractivity contribution is 7.99. The fourth-order valence-electron chi connectivity index (χ4n) is 2.07. The molecule has 0 bridgehead atoms. The fourth-order valence-corrected chi connectivity index (χ4v) is 2.85. The molecule has 10 heteroatoms. The van der Waals surface area contributed by atoms with Gasteiger partial charge in [0, 0.05) is 19.7 Å². The van der Waals surface area contributed by atoms with Crippen LogP contribution < -0.4 is 16.7 Å². The number of hydrazone groups is 1. The minimum Gasteiger partial charge on any atom is -0.507 e. The van der Waals surface area contributed by atoms with Gasteiger partial charge in [-0.2, -0.15) is 10.2 Å². The van der Waals surface area contributed by atoms with Crippen LogP contribution in [0.4, 0.5) is 0 Å². The molecule has 2 aromatic rings. The third-order valence-corrected chi connectivity index (χ3v) is 4.46. The number of hydrogen-bond donors (Lipinski definition) is 2. The molecule has 138 valence electrons. The van der Waals surface area contributed by atoms with E-state index >= 15 is 0 Å². The fraction of sp³-hybridized carbons (Fsp3) is 0.312. The van der Waals surface area contributed by atoms with Crippen LogP contribution in [0, 0.1) is 6.92 Å². The Labute approximate surface area is 153 Å². The largest absolute Gasteiger partial charge is 0.507 e. The summed E-state index contributed by atoms with van der Waals surface area (Å²) in [6.45, 7) is 3.54. The molecule has 1 aromatic heterocycles. The van der Waals surface area contributed by atoms with Crippen LogP contribution in [0.3, 0.4) is 0 Å². The van der Waals surface area contributed by atoms with Crippen molar-refractivity contribution in [3.05, 3.63) is 50.2 Å². The topological polar surface area (TPSA) is 119 Å². The summed E-state index contributed by atoms with van der Waals surface area (Å²) in [5, 5.41) is 17.7. The van der Waals surface area contributed by atoms with Crippen molar-refractivity contribution in [3.63, 3.8) is 0 Å². The van der Waals surface area contributed by atoms with Crippen molar-refractivity contribution in [2.24, 2.45) is 19.2 Å². The number of aryl methyl sites for hydroxylation is 2. The number of thioether (sulfide) groups is 1. The summed E-state index contributed by atoms with van der Waals surface area (Å²) >= 11 is 0.910. The number of nitrogens with zero attached hydrogens (tertiary/aromatic N) is 4. The second-order valence-corrected chi connectivity index (χ2v) is 6.58. The van der Waals surface area contributed by atoms with Gasteiger partial charge in [-0.1, -0.05) is 23.4 Å². The molecule has 0 spiro atoms. The Morgan fingerprint density at radius 2 is 2.04 bits per heavy atom. The quantitative estimate of drug-likeness (QED) is 0.434. The zero-order valence-electron chi connectivity index (χ0n) is 14.8. The molecule has 0 aliphatic heterocycles. The average Bonchev–Trinajstić information content (AvgIpc) is 2.61. The van der Waals surface area contributed by atoms with E-state index < -0.39 is 17.2 Å². The first-order chi connectivity index (χ1) is 12.2. The third-order valence-electron chi connectivity index (χ3n) is 3.52. The highest BCUT2D eigenvalue weighted by Gasteiger charge is 2.12. The molecule has 2 rings (SSSR count). The predicted octanol–water partition coefficient (Wildman–Crippen LogP) is 0.126. The maximum Gasteiger partial charge on any atom is 0.346 e. The molecule has 0 aliphatic rings. The van der Waals surface area contributed by atoms with E-state index in [1.165, 1.54) is 14.1 Å². The van der Waals surface area contributed by atoms with Gasteiger partial charge in [-0.3, -0.25) is 14.2 Å². The van der Waals surface area contributed by atoms with Gasteiger partial charge in [0.05, 0.1) is 11.5 Å². The summed E-state index contributed by atoms with van der Waals surface area (Å²) < 4.78 is 1.96. The number of phenols is 1. The minimum absolute atomic E-state index is 0.0433. The number of aromatic hydroxyl groups is 1. The van der Waals surface area contributed by atoms with Crippen LogP contribution in [-0.2, 0) is 18.9 Å².